The Balaban J connectivity index is 1.79. The summed E-state index contributed by atoms with van der Waals surface area (Å²) in [7, 11) is 1.93. The van der Waals surface area contributed by atoms with E-state index < -0.39 is 0 Å². The van der Waals surface area contributed by atoms with Gasteiger partial charge in [0, 0.05) is 38.5 Å². The average Bonchev–Trinajstić information content (AvgIpc) is 3.02. The van der Waals surface area contributed by atoms with E-state index in [1.807, 2.05) is 42.2 Å². The third-order valence-electron chi connectivity index (χ3n) is 3.22. The number of ketones is 1. The van der Waals surface area contributed by atoms with E-state index >= 15 is 0 Å². The molecule has 0 saturated heterocycles. The van der Waals surface area contributed by atoms with Crippen molar-refractivity contribution < 1.29 is 4.79 Å². The van der Waals surface area contributed by atoms with E-state index in [9.17, 15) is 4.79 Å². The standard InChI is InChI=1S/C14H14N4O/c1-17-9-7-15-14(17)6-5-13(19)11-10-16-18-8-3-2-4-12(11)18/h2-4,7-10H,5-6H2,1H3. The van der Waals surface area contributed by atoms with Crippen molar-refractivity contribution in [3.05, 3.63) is 54.4 Å². The monoisotopic (exact) mass is 254 g/mol. The summed E-state index contributed by atoms with van der Waals surface area (Å²) in [6.45, 7) is 0. The minimum atomic E-state index is 0.101. The lowest BCUT2D eigenvalue weighted by Crippen LogP contribution is -2.04. The normalized spacial score (nSPS) is 11.0. The van der Waals surface area contributed by atoms with E-state index in [1.165, 1.54) is 0 Å². The lowest BCUT2D eigenvalue weighted by Gasteiger charge is -2.01. The number of Topliss-reactive ketones (excluding diaryl/α,β-unsaturated/α-hetero) is 1. The molecule has 5 heteroatoms. The summed E-state index contributed by atoms with van der Waals surface area (Å²) in [4.78, 5) is 16.5. The number of imidazole rings is 1. The first kappa shape index (κ1) is 11.6. The largest absolute Gasteiger partial charge is 0.338 e. The van der Waals surface area contributed by atoms with Crippen LogP contribution < -0.4 is 0 Å². The van der Waals surface area contributed by atoms with Crippen LogP contribution in [0.15, 0.2) is 43.0 Å². The van der Waals surface area contributed by atoms with Crippen LogP contribution in [0, 0.1) is 0 Å². The molecule has 0 fully saturated rings. The van der Waals surface area contributed by atoms with Gasteiger partial charge in [0.25, 0.3) is 0 Å². The zero-order chi connectivity index (χ0) is 13.2. The van der Waals surface area contributed by atoms with Crippen LogP contribution in [0.3, 0.4) is 0 Å². The third-order valence-corrected chi connectivity index (χ3v) is 3.22. The van der Waals surface area contributed by atoms with Crippen molar-refractivity contribution in [1.82, 2.24) is 19.2 Å². The highest BCUT2D eigenvalue weighted by Gasteiger charge is 2.13. The Morgan fingerprint density at radius 1 is 1.32 bits per heavy atom. The number of aromatic nitrogens is 4. The van der Waals surface area contributed by atoms with Gasteiger partial charge in [-0.3, -0.25) is 4.79 Å². The van der Waals surface area contributed by atoms with Crippen LogP contribution in [-0.4, -0.2) is 24.9 Å². The molecule has 0 saturated carbocycles. The number of pyridine rings is 1. The first-order valence-corrected chi connectivity index (χ1v) is 6.17. The number of carbonyl (C=O) groups is 1. The smallest absolute Gasteiger partial charge is 0.167 e. The molecule has 0 aliphatic rings. The molecule has 0 aromatic carbocycles. The quantitative estimate of drug-likeness (QED) is 0.668. The molecular formula is C14H14N4O. The van der Waals surface area contributed by atoms with E-state index in [4.69, 9.17) is 0 Å². The van der Waals surface area contributed by atoms with Gasteiger partial charge in [-0.15, -0.1) is 0 Å². The molecule has 3 aromatic heterocycles. The fourth-order valence-electron chi connectivity index (χ4n) is 2.15. The number of nitrogens with zero attached hydrogens (tertiary/aromatic N) is 4. The molecule has 0 radical (unpaired) electrons. The summed E-state index contributed by atoms with van der Waals surface area (Å²) >= 11 is 0. The zero-order valence-electron chi connectivity index (χ0n) is 10.7. The number of hydrogen-bond acceptors (Lipinski definition) is 3. The van der Waals surface area contributed by atoms with Crippen LogP contribution in [0.5, 0.6) is 0 Å². The predicted molar refractivity (Wildman–Crippen MR) is 71.1 cm³/mol. The second-order valence-electron chi connectivity index (χ2n) is 4.47. The molecule has 3 heterocycles. The maximum absolute atomic E-state index is 12.2. The Labute approximate surface area is 110 Å². The molecule has 0 aliphatic heterocycles. The van der Waals surface area contributed by atoms with Crippen LogP contribution in [0.2, 0.25) is 0 Å². The lowest BCUT2D eigenvalue weighted by molar-refractivity contribution is 0.0983. The number of hydrogen-bond donors (Lipinski definition) is 0. The molecule has 0 spiro atoms. The van der Waals surface area contributed by atoms with Gasteiger partial charge in [-0.1, -0.05) is 6.07 Å². The fourth-order valence-corrected chi connectivity index (χ4v) is 2.15. The Morgan fingerprint density at radius 2 is 2.21 bits per heavy atom. The van der Waals surface area contributed by atoms with Crippen molar-refractivity contribution in [1.29, 1.82) is 0 Å². The van der Waals surface area contributed by atoms with Gasteiger partial charge in [0.2, 0.25) is 0 Å². The van der Waals surface area contributed by atoms with Gasteiger partial charge in [-0.2, -0.15) is 5.10 Å². The maximum atomic E-state index is 12.2. The van der Waals surface area contributed by atoms with E-state index in [1.54, 1.807) is 16.9 Å². The van der Waals surface area contributed by atoms with Gasteiger partial charge in [-0.05, 0) is 12.1 Å². The summed E-state index contributed by atoms with van der Waals surface area (Å²) in [5.74, 6) is 1.02. The molecule has 0 bridgehead atoms. The van der Waals surface area contributed by atoms with Gasteiger partial charge in [-0.25, -0.2) is 9.50 Å². The molecule has 3 rings (SSSR count). The van der Waals surface area contributed by atoms with Gasteiger partial charge in [0.1, 0.15) is 5.82 Å². The molecular weight excluding hydrogens is 240 g/mol. The maximum Gasteiger partial charge on any atom is 0.167 e. The number of carbonyl (C=O) groups excluding carboxylic acids is 1. The SMILES string of the molecule is Cn1ccnc1CCC(=O)c1cnn2ccccc12. The Hall–Kier alpha value is -2.43. The van der Waals surface area contributed by atoms with Crippen LogP contribution >= 0.6 is 0 Å². The highest BCUT2D eigenvalue weighted by atomic mass is 16.1. The highest BCUT2D eigenvalue weighted by Crippen LogP contribution is 2.13. The lowest BCUT2D eigenvalue weighted by atomic mass is 10.1. The van der Waals surface area contributed by atoms with Crippen LogP contribution in [-0.2, 0) is 13.5 Å². The van der Waals surface area contributed by atoms with Gasteiger partial charge < -0.3 is 4.57 Å². The molecule has 0 N–H and O–H groups in total. The van der Waals surface area contributed by atoms with Gasteiger partial charge in [0.15, 0.2) is 5.78 Å². The summed E-state index contributed by atoms with van der Waals surface area (Å²) in [5.41, 5.74) is 1.53. The minimum absolute atomic E-state index is 0.101. The third kappa shape index (κ3) is 2.14. The van der Waals surface area contributed by atoms with Crippen molar-refractivity contribution in [3.8, 4) is 0 Å². The summed E-state index contributed by atoms with van der Waals surface area (Å²) < 4.78 is 3.65. The van der Waals surface area contributed by atoms with Crippen LogP contribution in [0.4, 0.5) is 0 Å². The molecule has 5 nitrogen and oxygen atoms in total. The number of aryl methyl sites for hydroxylation is 2. The molecule has 0 atom stereocenters. The van der Waals surface area contributed by atoms with E-state index in [0.717, 1.165) is 11.3 Å². The molecule has 0 aliphatic carbocycles. The van der Waals surface area contributed by atoms with E-state index in [-0.39, 0.29) is 5.78 Å². The molecule has 0 amide bonds. The minimum Gasteiger partial charge on any atom is -0.338 e. The second kappa shape index (κ2) is 4.68. The van der Waals surface area contributed by atoms with Gasteiger partial charge >= 0.3 is 0 Å². The molecule has 0 unspecified atom stereocenters. The summed E-state index contributed by atoms with van der Waals surface area (Å²) in [5, 5.41) is 4.18. The average molecular weight is 254 g/mol. The topological polar surface area (TPSA) is 52.2 Å². The first-order chi connectivity index (χ1) is 9.25. The first-order valence-electron chi connectivity index (χ1n) is 6.17. The summed E-state index contributed by atoms with van der Waals surface area (Å²) in [6, 6.07) is 5.70. The van der Waals surface area contributed by atoms with Crippen molar-refractivity contribution in [2.75, 3.05) is 0 Å². The Morgan fingerprint density at radius 3 is 3.00 bits per heavy atom. The molecule has 19 heavy (non-hydrogen) atoms. The van der Waals surface area contributed by atoms with E-state index in [2.05, 4.69) is 10.1 Å². The highest BCUT2D eigenvalue weighted by molar-refractivity contribution is 6.02. The summed E-state index contributed by atoms with van der Waals surface area (Å²) in [6.07, 6.45) is 8.19. The zero-order valence-corrected chi connectivity index (χ0v) is 10.7. The van der Waals surface area contributed by atoms with Crippen molar-refractivity contribution in [2.45, 2.75) is 12.8 Å². The van der Waals surface area contributed by atoms with Crippen molar-refractivity contribution in [2.24, 2.45) is 7.05 Å². The Kier molecular flexibility index (Phi) is 2.87. The van der Waals surface area contributed by atoms with Crippen LogP contribution in [0.1, 0.15) is 22.6 Å². The van der Waals surface area contributed by atoms with Gasteiger partial charge in [0.05, 0.1) is 17.3 Å². The Bertz CT molecular complexity index is 726. The predicted octanol–water partition coefficient (Wildman–Crippen LogP) is 1.88. The van der Waals surface area contributed by atoms with Crippen molar-refractivity contribution in [3.63, 3.8) is 0 Å². The van der Waals surface area contributed by atoms with Crippen molar-refractivity contribution >= 4 is 11.3 Å². The van der Waals surface area contributed by atoms with Crippen LogP contribution in [0.25, 0.3) is 5.52 Å². The molecule has 3 aromatic rings. The number of rotatable bonds is 4. The molecule has 96 valence electrons. The second-order valence-corrected chi connectivity index (χ2v) is 4.47. The van der Waals surface area contributed by atoms with E-state index in [0.29, 0.717) is 18.4 Å². The fraction of sp³-hybridized carbons (Fsp3) is 0.214. The number of fused-ring (bicyclic) bond motifs is 1.